The molecule has 0 radical (unpaired) electrons. The van der Waals surface area contributed by atoms with E-state index in [-0.39, 0.29) is 19.1 Å². The maximum Gasteiger partial charge on any atom is 0.244 e. The van der Waals surface area contributed by atoms with Gasteiger partial charge in [0, 0.05) is 5.02 Å². The number of ether oxygens (including phenoxy) is 1. The fraction of sp³-hybridized carbons (Fsp3) is 0.350. The highest BCUT2D eigenvalue weighted by molar-refractivity contribution is 7.92. The molecule has 152 valence electrons. The third-order valence-electron chi connectivity index (χ3n) is 4.05. The van der Waals surface area contributed by atoms with Gasteiger partial charge in [0.1, 0.15) is 18.4 Å². The lowest BCUT2D eigenvalue weighted by atomic mass is 10.2. The SMILES string of the molecule is CC[C@H](C(=O)NCCOc1cccc(C)c1)N(c1cccc(Cl)c1)S(C)(=O)=O. The van der Waals surface area contributed by atoms with Gasteiger partial charge < -0.3 is 10.1 Å². The van der Waals surface area contributed by atoms with E-state index in [2.05, 4.69) is 5.32 Å². The summed E-state index contributed by atoms with van der Waals surface area (Å²) in [5.41, 5.74) is 1.44. The second-order valence-corrected chi connectivity index (χ2v) is 8.71. The Hall–Kier alpha value is -2.25. The maximum atomic E-state index is 12.7. The van der Waals surface area contributed by atoms with E-state index in [4.69, 9.17) is 16.3 Å². The number of nitrogens with zero attached hydrogens (tertiary/aromatic N) is 1. The van der Waals surface area contributed by atoms with E-state index in [0.29, 0.717) is 17.1 Å². The number of benzene rings is 2. The molecule has 0 unspecified atom stereocenters. The molecule has 0 aromatic heterocycles. The Morgan fingerprint density at radius 1 is 1.21 bits per heavy atom. The Labute approximate surface area is 171 Å². The molecule has 0 aliphatic heterocycles. The van der Waals surface area contributed by atoms with Crippen molar-refractivity contribution in [2.75, 3.05) is 23.7 Å². The molecular formula is C20H25ClN2O4S. The summed E-state index contributed by atoms with van der Waals surface area (Å²) in [7, 11) is -3.69. The Morgan fingerprint density at radius 3 is 2.54 bits per heavy atom. The number of carbonyl (C=O) groups is 1. The highest BCUT2D eigenvalue weighted by Crippen LogP contribution is 2.25. The van der Waals surface area contributed by atoms with Crippen molar-refractivity contribution in [3.8, 4) is 5.75 Å². The number of carbonyl (C=O) groups excluding carboxylic acids is 1. The fourth-order valence-corrected chi connectivity index (χ4v) is 4.23. The number of amides is 1. The predicted molar refractivity (Wildman–Crippen MR) is 113 cm³/mol. The molecule has 0 saturated heterocycles. The smallest absolute Gasteiger partial charge is 0.244 e. The van der Waals surface area contributed by atoms with Crippen molar-refractivity contribution in [1.82, 2.24) is 5.32 Å². The van der Waals surface area contributed by atoms with Crippen LogP contribution in [-0.2, 0) is 14.8 Å². The van der Waals surface area contributed by atoms with Crippen molar-refractivity contribution in [1.29, 1.82) is 0 Å². The molecule has 0 aliphatic rings. The monoisotopic (exact) mass is 424 g/mol. The van der Waals surface area contributed by atoms with Crippen molar-refractivity contribution < 1.29 is 17.9 Å². The van der Waals surface area contributed by atoms with Crippen LogP contribution in [0, 0.1) is 6.92 Å². The molecule has 6 nitrogen and oxygen atoms in total. The van der Waals surface area contributed by atoms with Crippen LogP contribution >= 0.6 is 11.6 Å². The van der Waals surface area contributed by atoms with E-state index in [1.54, 1.807) is 25.1 Å². The summed E-state index contributed by atoms with van der Waals surface area (Å²) in [5.74, 6) is 0.332. The van der Waals surface area contributed by atoms with Crippen LogP contribution in [0.15, 0.2) is 48.5 Å². The molecule has 0 saturated carbocycles. The molecule has 2 aromatic carbocycles. The Bertz CT molecular complexity index is 918. The van der Waals surface area contributed by atoms with Crippen LogP contribution in [0.1, 0.15) is 18.9 Å². The van der Waals surface area contributed by atoms with Gasteiger partial charge in [-0.3, -0.25) is 9.10 Å². The van der Waals surface area contributed by atoms with E-state index in [1.165, 1.54) is 6.07 Å². The van der Waals surface area contributed by atoms with Gasteiger partial charge in [-0.2, -0.15) is 0 Å². The average Bonchev–Trinajstić information content (AvgIpc) is 2.62. The summed E-state index contributed by atoms with van der Waals surface area (Å²) in [6, 6.07) is 13.2. The normalized spacial score (nSPS) is 12.3. The van der Waals surface area contributed by atoms with Crippen molar-refractivity contribution in [2.24, 2.45) is 0 Å². The average molecular weight is 425 g/mol. The van der Waals surface area contributed by atoms with E-state index >= 15 is 0 Å². The predicted octanol–water partition coefficient (Wildman–Crippen LogP) is 3.39. The van der Waals surface area contributed by atoms with Crippen LogP contribution < -0.4 is 14.4 Å². The van der Waals surface area contributed by atoms with Crippen LogP contribution in [0.4, 0.5) is 5.69 Å². The van der Waals surface area contributed by atoms with E-state index in [1.807, 2.05) is 31.2 Å². The lowest BCUT2D eigenvalue weighted by molar-refractivity contribution is -0.122. The number of sulfonamides is 1. The lowest BCUT2D eigenvalue weighted by Gasteiger charge is -2.30. The summed E-state index contributed by atoms with van der Waals surface area (Å²) in [6.07, 6.45) is 1.38. The maximum absolute atomic E-state index is 12.7. The topological polar surface area (TPSA) is 75.7 Å². The van der Waals surface area contributed by atoms with E-state index in [0.717, 1.165) is 21.9 Å². The third-order valence-corrected chi connectivity index (χ3v) is 5.47. The van der Waals surface area contributed by atoms with Gasteiger partial charge >= 0.3 is 0 Å². The first-order chi connectivity index (χ1) is 13.2. The molecule has 0 fully saturated rings. The van der Waals surface area contributed by atoms with Crippen LogP contribution in [0.5, 0.6) is 5.75 Å². The van der Waals surface area contributed by atoms with Gasteiger partial charge in [0.25, 0.3) is 0 Å². The standard InChI is InChI=1S/C20H25ClN2O4S/c1-4-19(23(28(3,25)26)17-9-6-8-16(21)14-17)20(24)22-11-12-27-18-10-5-7-15(2)13-18/h5-10,13-14,19H,4,11-12H2,1-3H3,(H,22,24)/t19-/m1/s1. The highest BCUT2D eigenvalue weighted by atomic mass is 35.5. The quantitative estimate of drug-likeness (QED) is 0.626. The number of hydrogen-bond acceptors (Lipinski definition) is 4. The van der Waals surface area contributed by atoms with Crippen LogP contribution in [0.2, 0.25) is 5.02 Å². The number of rotatable bonds is 9. The van der Waals surface area contributed by atoms with Crippen LogP contribution in [0.3, 0.4) is 0 Å². The Kier molecular flexibility index (Phi) is 7.71. The first-order valence-corrected chi connectivity index (χ1v) is 11.2. The van der Waals surface area contributed by atoms with Crippen molar-refractivity contribution in [3.05, 3.63) is 59.1 Å². The Balaban J connectivity index is 2.05. The number of anilines is 1. The number of aryl methyl sites for hydroxylation is 1. The summed E-state index contributed by atoms with van der Waals surface area (Å²) < 4.78 is 31.5. The molecule has 2 rings (SSSR count). The Morgan fingerprint density at radius 2 is 1.93 bits per heavy atom. The minimum Gasteiger partial charge on any atom is -0.492 e. The number of halogens is 1. The van der Waals surface area contributed by atoms with Gasteiger partial charge in [0.15, 0.2) is 0 Å². The number of nitrogens with one attached hydrogen (secondary N) is 1. The van der Waals surface area contributed by atoms with Crippen molar-refractivity contribution in [2.45, 2.75) is 26.3 Å². The molecule has 0 spiro atoms. The lowest BCUT2D eigenvalue weighted by Crippen LogP contribution is -2.50. The van der Waals surface area contributed by atoms with Crippen molar-refractivity contribution >= 4 is 33.2 Å². The summed E-state index contributed by atoms with van der Waals surface area (Å²) in [4.78, 5) is 12.7. The van der Waals surface area contributed by atoms with Gasteiger partial charge in [0.05, 0.1) is 18.5 Å². The summed E-state index contributed by atoms with van der Waals surface area (Å²) in [6.45, 7) is 4.27. The fourth-order valence-electron chi connectivity index (χ4n) is 2.84. The van der Waals surface area contributed by atoms with Crippen LogP contribution in [-0.4, -0.2) is 39.8 Å². The molecule has 8 heteroatoms. The molecular weight excluding hydrogens is 400 g/mol. The summed E-state index contributed by atoms with van der Waals surface area (Å²) >= 11 is 6.00. The molecule has 1 N–H and O–H groups in total. The largest absolute Gasteiger partial charge is 0.492 e. The summed E-state index contributed by atoms with van der Waals surface area (Å²) in [5, 5.41) is 3.15. The first-order valence-electron chi connectivity index (χ1n) is 8.94. The highest BCUT2D eigenvalue weighted by Gasteiger charge is 2.31. The van der Waals surface area contributed by atoms with Gasteiger partial charge in [-0.25, -0.2) is 8.42 Å². The molecule has 0 aliphatic carbocycles. The third kappa shape index (κ3) is 6.14. The van der Waals surface area contributed by atoms with Gasteiger partial charge in [-0.15, -0.1) is 0 Å². The first kappa shape index (κ1) is 22.0. The molecule has 0 heterocycles. The zero-order valence-corrected chi connectivity index (χ0v) is 17.8. The molecule has 2 aromatic rings. The number of hydrogen-bond donors (Lipinski definition) is 1. The van der Waals surface area contributed by atoms with Crippen molar-refractivity contribution in [3.63, 3.8) is 0 Å². The minimum atomic E-state index is -3.69. The molecule has 1 atom stereocenters. The van der Waals surface area contributed by atoms with Gasteiger partial charge in [0.2, 0.25) is 15.9 Å². The van der Waals surface area contributed by atoms with Crippen LogP contribution in [0.25, 0.3) is 0 Å². The molecule has 0 bridgehead atoms. The van der Waals surface area contributed by atoms with Gasteiger partial charge in [-0.05, 0) is 49.2 Å². The zero-order valence-electron chi connectivity index (χ0n) is 16.2. The second kappa shape index (κ2) is 9.80. The zero-order chi connectivity index (χ0) is 20.7. The van der Waals surface area contributed by atoms with Gasteiger partial charge in [-0.1, -0.05) is 36.7 Å². The second-order valence-electron chi connectivity index (χ2n) is 6.42. The molecule has 1 amide bonds. The van der Waals surface area contributed by atoms with E-state index < -0.39 is 16.1 Å². The van der Waals surface area contributed by atoms with E-state index in [9.17, 15) is 13.2 Å². The minimum absolute atomic E-state index is 0.260. The molecule has 28 heavy (non-hydrogen) atoms.